The van der Waals surface area contributed by atoms with Gasteiger partial charge in [-0.05, 0) is 31.2 Å². The van der Waals surface area contributed by atoms with Gasteiger partial charge in [-0.3, -0.25) is 0 Å². The predicted octanol–water partition coefficient (Wildman–Crippen LogP) is 2.46. The molecule has 0 amide bonds. The maximum Gasteiger partial charge on any atom is 0.322 e. The first-order valence-corrected chi connectivity index (χ1v) is 5.84. The average Bonchev–Trinajstić information content (AvgIpc) is 2.40. The number of nitrogens with two attached hydrogens (primary N) is 1. The third-order valence-electron chi connectivity index (χ3n) is 2.30. The second kappa shape index (κ2) is 5.70. The first-order chi connectivity index (χ1) is 9.49. The van der Waals surface area contributed by atoms with Gasteiger partial charge in [-0.25, -0.2) is 9.37 Å². The van der Waals surface area contributed by atoms with Crippen LogP contribution in [-0.2, 0) is 0 Å². The second-order valence-corrected chi connectivity index (χ2v) is 4.25. The molecule has 0 aliphatic heterocycles. The van der Waals surface area contributed by atoms with Gasteiger partial charge in [0.15, 0.2) is 5.84 Å². The molecule has 8 heteroatoms. The molecule has 0 saturated heterocycles. The third-order valence-corrected chi connectivity index (χ3v) is 2.59. The van der Waals surface area contributed by atoms with E-state index in [1.807, 2.05) is 0 Å². The van der Waals surface area contributed by atoms with Gasteiger partial charge in [-0.2, -0.15) is 4.98 Å². The number of halogens is 2. The van der Waals surface area contributed by atoms with Crippen molar-refractivity contribution in [1.29, 1.82) is 0 Å². The summed E-state index contributed by atoms with van der Waals surface area (Å²) in [5, 5.41) is 11.6. The van der Waals surface area contributed by atoms with Gasteiger partial charge in [0.2, 0.25) is 0 Å². The summed E-state index contributed by atoms with van der Waals surface area (Å²) < 4.78 is 18.3. The van der Waals surface area contributed by atoms with Gasteiger partial charge in [0.1, 0.15) is 17.3 Å². The fourth-order valence-corrected chi connectivity index (χ4v) is 1.63. The highest BCUT2D eigenvalue weighted by Gasteiger charge is 2.10. The molecule has 1 aromatic carbocycles. The second-order valence-electron chi connectivity index (χ2n) is 3.84. The molecule has 0 fully saturated rings. The molecule has 0 spiro atoms. The Balaban J connectivity index is 2.36. The van der Waals surface area contributed by atoms with Crippen LogP contribution in [0, 0.1) is 12.7 Å². The van der Waals surface area contributed by atoms with Crippen LogP contribution in [0.4, 0.5) is 4.39 Å². The predicted molar refractivity (Wildman–Crippen MR) is 70.8 cm³/mol. The van der Waals surface area contributed by atoms with E-state index < -0.39 is 5.82 Å². The molecule has 1 heterocycles. The Morgan fingerprint density at radius 2 is 2.15 bits per heavy atom. The Labute approximate surface area is 118 Å². The van der Waals surface area contributed by atoms with Crippen molar-refractivity contribution in [3.05, 3.63) is 46.5 Å². The first kappa shape index (κ1) is 14.0. The monoisotopic (exact) mass is 296 g/mol. The van der Waals surface area contributed by atoms with Crippen molar-refractivity contribution in [3.63, 3.8) is 0 Å². The van der Waals surface area contributed by atoms with Crippen LogP contribution >= 0.6 is 11.6 Å². The minimum atomic E-state index is -0.482. The molecule has 104 valence electrons. The van der Waals surface area contributed by atoms with E-state index in [1.54, 1.807) is 6.92 Å². The van der Waals surface area contributed by atoms with Crippen molar-refractivity contribution in [2.24, 2.45) is 10.9 Å². The number of amidine groups is 1. The molecule has 0 bridgehead atoms. The molecule has 3 N–H and O–H groups in total. The number of hydrogen-bond acceptors (Lipinski definition) is 5. The quantitative estimate of drug-likeness (QED) is 0.393. The van der Waals surface area contributed by atoms with E-state index in [4.69, 9.17) is 27.3 Å². The number of benzene rings is 1. The van der Waals surface area contributed by atoms with Gasteiger partial charge in [0, 0.05) is 5.69 Å². The van der Waals surface area contributed by atoms with Crippen LogP contribution in [0.1, 0.15) is 11.4 Å². The molecular formula is C12H10ClFN4O2. The highest BCUT2D eigenvalue weighted by molar-refractivity contribution is 6.32. The van der Waals surface area contributed by atoms with E-state index in [9.17, 15) is 4.39 Å². The van der Waals surface area contributed by atoms with E-state index in [0.29, 0.717) is 5.69 Å². The molecule has 0 aliphatic carbocycles. The topological polar surface area (TPSA) is 93.6 Å². The zero-order valence-electron chi connectivity index (χ0n) is 10.3. The molecule has 0 atom stereocenters. The van der Waals surface area contributed by atoms with E-state index in [0.717, 1.165) is 6.07 Å². The van der Waals surface area contributed by atoms with Crippen LogP contribution in [0.15, 0.2) is 29.4 Å². The summed E-state index contributed by atoms with van der Waals surface area (Å²) in [5.41, 5.74) is 6.21. The number of oxime groups is 1. The van der Waals surface area contributed by atoms with Crippen LogP contribution in [0.5, 0.6) is 11.8 Å². The van der Waals surface area contributed by atoms with Crippen molar-refractivity contribution in [3.8, 4) is 11.8 Å². The summed E-state index contributed by atoms with van der Waals surface area (Å²) in [6.07, 6.45) is 0. The SMILES string of the molecule is Cc1cc(/C(N)=N/O)nc(Oc2ccc(F)cc2Cl)n1. The van der Waals surface area contributed by atoms with Crippen molar-refractivity contribution in [2.45, 2.75) is 6.92 Å². The van der Waals surface area contributed by atoms with Crippen molar-refractivity contribution in [2.75, 3.05) is 0 Å². The number of aryl methyl sites for hydroxylation is 1. The molecule has 2 aromatic rings. The molecule has 2 rings (SSSR count). The van der Waals surface area contributed by atoms with Gasteiger partial charge in [0.25, 0.3) is 0 Å². The Morgan fingerprint density at radius 3 is 2.80 bits per heavy atom. The van der Waals surface area contributed by atoms with Crippen molar-refractivity contribution in [1.82, 2.24) is 9.97 Å². The minimum absolute atomic E-state index is 0.0416. The fraction of sp³-hybridized carbons (Fsp3) is 0.0833. The lowest BCUT2D eigenvalue weighted by atomic mass is 10.3. The van der Waals surface area contributed by atoms with Gasteiger partial charge < -0.3 is 15.7 Å². The van der Waals surface area contributed by atoms with Gasteiger partial charge in [0.05, 0.1) is 5.02 Å². The lowest BCUT2D eigenvalue weighted by Crippen LogP contribution is -2.16. The number of nitrogens with zero attached hydrogens (tertiary/aromatic N) is 3. The summed E-state index contributed by atoms with van der Waals surface area (Å²) in [5.74, 6) is -0.459. The lowest BCUT2D eigenvalue weighted by molar-refractivity contribution is 0.318. The smallest absolute Gasteiger partial charge is 0.322 e. The summed E-state index contributed by atoms with van der Waals surface area (Å²) >= 11 is 5.84. The number of hydrogen-bond donors (Lipinski definition) is 2. The van der Waals surface area contributed by atoms with Gasteiger partial charge in [-0.1, -0.05) is 16.8 Å². The molecule has 0 aliphatic rings. The molecule has 20 heavy (non-hydrogen) atoms. The number of ether oxygens (including phenoxy) is 1. The van der Waals surface area contributed by atoms with Crippen LogP contribution < -0.4 is 10.5 Å². The van der Waals surface area contributed by atoms with E-state index in [2.05, 4.69) is 15.1 Å². The Kier molecular flexibility index (Phi) is 3.99. The van der Waals surface area contributed by atoms with E-state index in [1.165, 1.54) is 18.2 Å². The molecule has 0 saturated carbocycles. The zero-order chi connectivity index (χ0) is 14.7. The van der Waals surface area contributed by atoms with Crippen molar-refractivity contribution < 1.29 is 14.3 Å². The maximum atomic E-state index is 12.9. The maximum absolute atomic E-state index is 12.9. The Hall–Kier alpha value is -2.41. The molecule has 0 unspecified atom stereocenters. The van der Waals surface area contributed by atoms with Crippen LogP contribution in [0.25, 0.3) is 0 Å². The molecular weight excluding hydrogens is 287 g/mol. The van der Waals surface area contributed by atoms with Crippen LogP contribution in [-0.4, -0.2) is 21.0 Å². The average molecular weight is 297 g/mol. The van der Waals surface area contributed by atoms with Crippen LogP contribution in [0.2, 0.25) is 5.02 Å². The first-order valence-electron chi connectivity index (χ1n) is 5.46. The van der Waals surface area contributed by atoms with Gasteiger partial charge >= 0.3 is 6.01 Å². The van der Waals surface area contributed by atoms with Gasteiger partial charge in [-0.15, -0.1) is 0 Å². The summed E-state index contributed by atoms with van der Waals surface area (Å²) in [4.78, 5) is 7.99. The largest absolute Gasteiger partial charge is 0.423 e. The minimum Gasteiger partial charge on any atom is -0.423 e. The standard InChI is InChI=1S/C12H10ClFN4O2/c1-6-4-9(11(15)18-19)17-12(16-6)20-10-3-2-7(14)5-8(10)13/h2-5,19H,1H3,(H2,15,18). The highest BCUT2D eigenvalue weighted by Crippen LogP contribution is 2.28. The van der Waals surface area contributed by atoms with Crippen molar-refractivity contribution >= 4 is 17.4 Å². The number of rotatable bonds is 3. The van der Waals surface area contributed by atoms with E-state index in [-0.39, 0.29) is 28.3 Å². The summed E-state index contributed by atoms with van der Waals surface area (Å²) in [6, 6.07) is 5.14. The Morgan fingerprint density at radius 1 is 1.40 bits per heavy atom. The highest BCUT2D eigenvalue weighted by atomic mass is 35.5. The van der Waals surface area contributed by atoms with E-state index >= 15 is 0 Å². The molecule has 6 nitrogen and oxygen atoms in total. The molecule has 1 aromatic heterocycles. The summed E-state index contributed by atoms with van der Waals surface area (Å²) in [6.45, 7) is 1.69. The Bertz CT molecular complexity index is 679. The van der Waals surface area contributed by atoms with Crippen LogP contribution in [0.3, 0.4) is 0 Å². The lowest BCUT2D eigenvalue weighted by Gasteiger charge is -2.07. The molecule has 0 radical (unpaired) electrons. The third kappa shape index (κ3) is 3.12. The normalized spacial score (nSPS) is 11.4. The number of aromatic nitrogens is 2. The summed E-state index contributed by atoms with van der Waals surface area (Å²) in [7, 11) is 0. The zero-order valence-corrected chi connectivity index (χ0v) is 11.1. The fourth-order valence-electron chi connectivity index (χ4n) is 1.43.